The molecule has 0 radical (unpaired) electrons. The number of nitrogens with zero attached hydrogens (tertiary/aromatic N) is 1. The summed E-state index contributed by atoms with van der Waals surface area (Å²) in [7, 11) is 1.41. The molecule has 0 amide bonds. The van der Waals surface area contributed by atoms with E-state index in [-0.39, 0.29) is 12.0 Å². The van der Waals surface area contributed by atoms with E-state index in [0.29, 0.717) is 17.8 Å². The number of halogens is 1. The first-order valence-electron chi connectivity index (χ1n) is 4.99. The Bertz CT molecular complexity index is 220. The largest absolute Gasteiger partial charge is 0.468 e. The van der Waals surface area contributed by atoms with E-state index in [0.717, 1.165) is 6.54 Å². The molecule has 1 heterocycles. The van der Waals surface area contributed by atoms with Gasteiger partial charge in [0.25, 0.3) is 0 Å². The van der Waals surface area contributed by atoms with Gasteiger partial charge in [-0.1, -0.05) is 20.8 Å². The minimum absolute atomic E-state index is 0.219. The van der Waals surface area contributed by atoms with E-state index in [1.54, 1.807) is 4.42 Å². The normalized spacial score (nSPS) is 33.7. The lowest BCUT2D eigenvalue weighted by Gasteiger charge is -2.25. The molecule has 0 spiro atoms. The van der Waals surface area contributed by atoms with Crippen molar-refractivity contribution >= 4 is 17.7 Å². The van der Waals surface area contributed by atoms with E-state index >= 15 is 0 Å². The van der Waals surface area contributed by atoms with Crippen LogP contribution in [0.15, 0.2) is 0 Å². The quantitative estimate of drug-likeness (QED) is 0.525. The van der Waals surface area contributed by atoms with Crippen LogP contribution in [0, 0.1) is 17.8 Å². The minimum atomic E-state index is -0.281. The number of rotatable bonds is 2. The smallest absolute Gasteiger partial charge is 0.324 e. The molecule has 1 unspecified atom stereocenters. The van der Waals surface area contributed by atoms with Crippen molar-refractivity contribution in [3.8, 4) is 0 Å². The fraction of sp³-hybridized carbons (Fsp3) is 0.900. The van der Waals surface area contributed by atoms with Gasteiger partial charge < -0.3 is 4.74 Å². The van der Waals surface area contributed by atoms with Crippen molar-refractivity contribution in [3.05, 3.63) is 0 Å². The molecule has 1 fully saturated rings. The van der Waals surface area contributed by atoms with Gasteiger partial charge in [-0.3, -0.25) is 4.79 Å². The SMILES string of the molecule is COC(=O)[C@@H]1C(C(C)C)[C@@H](C)CN1Cl. The van der Waals surface area contributed by atoms with E-state index in [1.165, 1.54) is 7.11 Å². The second-order valence-corrected chi connectivity index (χ2v) is 4.78. The molecule has 3 atom stereocenters. The Hall–Kier alpha value is -0.280. The first-order chi connectivity index (χ1) is 6.49. The second-order valence-electron chi connectivity index (χ2n) is 4.35. The Labute approximate surface area is 90.5 Å². The number of hydrogen-bond acceptors (Lipinski definition) is 3. The van der Waals surface area contributed by atoms with E-state index in [2.05, 4.69) is 20.8 Å². The molecule has 0 N–H and O–H groups in total. The summed E-state index contributed by atoms with van der Waals surface area (Å²) in [5, 5.41) is 0. The average Bonchev–Trinajstić information content (AvgIpc) is 2.39. The van der Waals surface area contributed by atoms with E-state index < -0.39 is 0 Å². The molecule has 1 saturated heterocycles. The summed E-state index contributed by atoms with van der Waals surface area (Å²) >= 11 is 6.02. The zero-order valence-electron chi connectivity index (χ0n) is 9.16. The number of hydrogen-bond donors (Lipinski definition) is 0. The van der Waals surface area contributed by atoms with Crippen LogP contribution in [-0.2, 0) is 9.53 Å². The highest BCUT2D eigenvalue weighted by molar-refractivity contribution is 6.15. The molecule has 0 bridgehead atoms. The fourth-order valence-corrected chi connectivity index (χ4v) is 2.85. The van der Waals surface area contributed by atoms with Gasteiger partial charge in [-0.25, -0.2) is 4.42 Å². The maximum atomic E-state index is 11.5. The molecule has 82 valence electrons. The van der Waals surface area contributed by atoms with Crippen LogP contribution in [0.2, 0.25) is 0 Å². The molecule has 0 aromatic heterocycles. The monoisotopic (exact) mass is 219 g/mol. The summed E-state index contributed by atoms with van der Waals surface area (Å²) < 4.78 is 6.35. The van der Waals surface area contributed by atoms with Gasteiger partial charge in [0.05, 0.1) is 7.11 Å². The number of methoxy groups -OCH3 is 1. The van der Waals surface area contributed by atoms with Crippen molar-refractivity contribution in [1.29, 1.82) is 0 Å². The van der Waals surface area contributed by atoms with Crippen molar-refractivity contribution in [2.45, 2.75) is 26.8 Å². The Balaban J connectivity index is 2.83. The van der Waals surface area contributed by atoms with Crippen molar-refractivity contribution in [1.82, 2.24) is 4.42 Å². The molecule has 0 aliphatic carbocycles. The molecule has 0 saturated carbocycles. The summed E-state index contributed by atoms with van der Waals surface area (Å²) in [5.74, 6) is 0.956. The van der Waals surface area contributed by atoms with Crippen LogP contribution >= 0.6 is 11.8 Å². The highest BCUT2D eigenvalue weighted by Gasteiger charge is 2.45. The van der Waals surface area contributed by atoms with E-state index in [4.69, 9.17) is 16.5 Å². The van der Waals surface area contributed by atoms with Crippen molar-refractivity contribution < 1.29 is 9.53 Å². The molecule has 0 aromatic carbocycles. The number of carbonyl (C=O) groups excluding carboxylic acids is 1. The van der Waals surface area contributed by atoms with Crippen LogP contribution in [0.25, 0.3) is 0 Å². The van der Waals surface area contributed by atoms with Crippen LogP contribution in [-0.4, -0.2) is 30.1 Å². The summed E-state index contributed by atoms with van der Waals surface area (Å²) in [6, 6.07) is -0.281. The van der Waals surface area contributed by atoms with Gasteiger partial charge in [0.2, 0.25) is 0 Å². The first-order valence-corrected chi connectivity index (χ1v) is 5.33. The number of esters is 1. The van der Waals surface area contributed by atoms with Crippen LogP contribution < -0.4 is 0 Å². The Morgan fingerprint density at radius 3 is 2.57 bits per heavy atom. The Kier molecular flexibility index (Phi) is 3.78. The van der Waals surface area contributed by atoms with E-state index in [1.807, 2.05) is 0 Å². The van der Waals surface area contributed by atoms with Crippen LogP contribution in [0.1, 0.15) is 20.8 Å². The summed E-state index contributed by atoms with van der Waals surface area (Å²) in [5.41, 5.74) is 0. The van der Waals surface area contributed by atoms with Crippen LogP contribution in [0.3, 0.4) is 0 Å². The predicted molar refractivity (Wildman–Crippen MR) is 55.9 cm³/mol. The molecule has 3 nitrogen and oxygen atoms in total. The Morgan fingerprint density at radius 1 is 1.57 bits per heavy atom. The minimum Gasteiger partial charge on any atom is -0.468 e. The second kappa shape index (κ2) is 4.49. The van der Waals surface area contributed by atoms with Crippen LogP contribution in [0.4, 0.5) is 0 Å². The lowest BCUT2D eigenvalue weighted by atomic mass is 9.82. The van der Waals surface area contributed by atoms with Gasteiger partial charge in [-0.2, -0.15) is 0 Å². The third-order valence-corrected chi connectivity index (χ3v) is 3.35. The summed E-state index contributed by atoms with van der Waals surface area (Å²) in [4.78, 5) is 11.5. The maximum absolute atomic E-state index is 11.5. The van der Waals surface area contributed by atoms with Crippen molar-refractivity contribution in [2.75, 3.05) is 13.7 Å². The van der Waals surface area contributed by atoms with Crippen molar-refractivity contribution in [2.24, 2.45) is 17.8 Å². The predicted octanol–water partition coefficient (Wildman–Crippen LogP) is 1.91. The number of carbonyl (C=O) groups is 1. The highest BCUT2D eigenvalue weighted by Crippen LogP contribution is 2.36. The third kappa shape index (κ3) is 2.04. The maximum Gasteiger partial charge on any atom is 0.324 e. The zero-order valence-corrected chi connectivity index (χ0v) is 9.91. The summed E-state index contributed by atoms with van der Waals surface area (Å²) in [6.45, 7) is 7.12. The van der Waals surface area contributed by atoms with Gasteiger partial charge >= 0.3 is 5.97 Å². The molecule has 1 aliphatic rings. The molecule has 4 heteroatoms. The van der Waals surface area contributed by atoms with E-state index in [9.17, 15) is 4.79 Å². The zero-order chi connectivity index (χ0) is 10.9. The van der Waals surface area contributed by atoms with Gasteiger partial charge in [0, 0.05) is 6.54 Å². The number of ether oxygens (including phenoxy) is 1. The molecular formula is C10H18ClNO2. The topological polar surface area (TPSA) is 29.5 Å². The van der Waals surface area contributed by atoms with Gasteiger partial charge in [0.1, 0.15) is 6.04 Å². The standard InChI is InChI=1S/C10H18ClNO2/c1-6(2)8-7(3)5-12(11)9(8)10(13)14-4/h6-9H,5H2,1-4H3/t7-,8?,9-/m0/s1. The average molecular weight is 220 g/mol. The van der Waals surface area contributed by atoms with Gasteiger partial charge in [-0.15, -0.1) is 0 Å². The highest BCUT2D eigenvalue weighted by atomic mass is 35.5. The fourth-order valence-electron chi connectivity index (χ4n) is 2.42. The molecule has 0 aromatic rings. The van der Waals surface area contributed by atoms with Crippen LogP contribution in [0.5, 0.6) is 0 Å². The van der Waals surface area contributed by atoms with Gasteiger partial charge in [0.15, 0.2) is 0 Å². The lowest BCUT2D eigenvalue weighted by Crippen LogP contribution is -2.37. The molecule has 1 aliphatic heterocycles. The first kappa shape index (κ1) is 11.8. The van der Waals surface area contributed by atoms with Crippen molar-refractivity contribution in [3.63, 3.8) is 0 Å². The lowest BCUT2D eigenvalue weighted by molar-refractivity contribution is -0.146. The van der Waals surface area contributed by atoms with Gasteiger partial charge in [-0.05, 0) is 29.5 Å². The molecule has 14 heavy (non-hydrogen) atoms. The third-order valence-electron chi connectivity index (χ3n) is 3.00. The molecular weight excluding hydrogens is 202 g/mol. The Morgan fingerprint density at radius 2 is 2.14 bits per heavy atom. The molecule has 1 rings (SSSR count). The summed E-state index contributed by atoms with van der Waals surface area (Å²) in [6.07, 6.45) is 0.